The van der Waals surface area contributed by atoms with Gasteiger partial charge in [0.25, 0.3) is 0 Å². The van der Waals surface area contributed by atoms with Crippen LogP contribution in [0.25, 0.3) is 0 Å². The van der Waals surface area contributed by atoms with Gasteiger partial charge in [-0.25, -0.2) is 4.79 Å². The van der Waals surface area contributed by atoms with E-state index in [9.17, 15) is 14.4 Å². The smallest absolute Gasteiger partial charge is 0.372 e. The summed E-state index contributed by atoms with van der Waals surface area (Å²) in [4.78, 5) is 32.7. The molecule has 0 aromatic heterocycles. The van der Waals surface area contributed by atoms with Crippen molar-refractivity contribution in [1.82, 2.24) is 0 Å². The number of Topliss-reactive ketones (excluding diaryl/α,β-unsaturated/α-hetero) is 1. The quantitative estimate of drug-likeness (QED) is 0.0399. The molecule has 0 aliphatic rings. The summed E-state index contributed by atoms with van der Waals surface area (Å²) < 4.78 is 70.8. The number of esters is 1. The van der Waals surface area contributed by atoms with E-state index in [4.69, 9.17) is 66.7 Å². The standard InChI is InChI=1S/C47H90O17/c1-2-3-4-5-6-7-8-9-10-11-12-13-14-15-16-17-20-52-21-22-53-23-24-54-25-26-55-27-28-56-29-30-57-31-32-58-33-34-59-35-36-60-37-38-61-39-40-62-41-42-63-43-44-64-46(49)19-18-45(48)47(50)51/h2-44H2,1H3,(H,50,51). The topological polar surface area (TPSA) is 191 Å². The van der Waals surface area contributed by atoms with E-state index in [1.165, 1.54) is 96.3 Å². The highest BCUT2D eigenvalue weighted by molar-refractivity contribution is 6.32. The first-order valence-corrected chi connectivity index (χ1v) is 24.4. The summed E-state index contributed by atoms with van der Waals surface area (Å²) in [6, 6.07) is 0. The van der Waals surface area contributed by atoms with Crippen LogP contribution in [0.5, 0.6) is 0 Å². The third-order valence-electron chi connectivity index (χ3n) is 9.52. The van der Waals surface area contributed by atoms with Crippen molar-refractivity contribution in [3.05, 3.63) is 0 Å². The molecule has 380 valence electrons. The van der Waals surface area contributed by atoms with E-state index in [1.807, 2.05) is 0 Å². The number of hydrogen-bond acceptors (Lipinski definition) is 16. The maximum Gasteiger partial charge on any atom is 0.372 e. The summed E-state index contributed by atoms with van der Waals surface area (Å²) in [5.41, 5.74) is 0. The van der Waals surface area contributed by atoms with Gasteiger partial charge < -0.3 is 66.7 Å². The van der Waals surface area contributed by atoms with Crippen molar-refractivity contribution in [1.29, 1.82) is 0 Å². The molecule has 0 heterocycles. The van der Waals surface area contributed by atoms with Crippen LogP contribution in [0, 0.1) is 0 Å². The molecule has 0 aromatic rings. The van der Waals surface area contributed by atoms with Gasteiger partial charge in [0.1, 0.15) is 6.61 Å². The number of hydrogen-bond donors (Lipinski definition) is 1. The molecule has 0 aliphatic carbocycles. The second-order valence-corrected chi connectivity index (χ2v) is 15.1. The number of unbranched alkanes of at least 4 members (excludes halogenated alkanes) is 15. The second kappa shape index (κ2) is 55.5. The molecule has 0 spiro atoms. The van der Waals surface area contributed by atoms with Crippen molar-refractivity contribution >= 4 is 17.7 Å². The number of ketones is 1. The van der Waals surface area contributed by atoms with Gasteiger partial charge in [0.2, 0.25) is 5.78 Å². The zero-order valence-corrected chi connectivity index (χ0v) is 39.9. The van der Waals surface area contributed by atoms with Crippen molar-refractivity contribution in [3.8, 4) is 0 Å². The lowest BCUT2D eigenvalue weighted by molar-refractivity contribution is -0.151. The van der Waals surface area contributed by atoms with Gasteiger partial charge in [-0.2, -0.15) is 0 Å². The molecule has 0 saturated heterocycles. The normalized spacial score (nSPS) is 11.5. The molecule has 0 aromatic carbocycles. The van der Waals surface area contributed by atoms with Crippen molar-refractivity contribution in [2.45, 2.75) is 122 Å². The minimum absolute atomic E-state index is 0.0133. The molecule has 0 unspecified atom stereocenters. The van der Waals surface area contributed by atoms with E-state index in [-0.39, 0.29) is 26.1 Å². The fourth-order valence-corrected chi connectivity index (χ4v) is 5.88. The molecule has 0 bridgehead atoms. The first kappa shape index (κ1) is 62.1. The van der Waals surface area contributed by atoms with Gasteiger partial charge in [-0.15, -0.1) is 0 Å². The van der Waals surface area contributed by atoms with E-state index >= 15 is 0 Å². The Balaban J connectivity index is 3.10. The largest absolute Gasteiger partial charge is 0.476 e. The molecule has 0 fully saturated rings. The molecule has 0 radical (unpaired) electrons. The molecule has 17 nitrogen and oxygen atoms in total. The first-order chi connectivity index (χ1) is 31.6. The Morgan fingerprint density at radius 1 is 0.281 bits per heavy atom. The molecule has 1 N–H and O–H groups in total. The average molecular weight is 927 g/mol. The van der Waals surface area contributed by atoms with Crippen LogP contribution in [0.2, 0.25) is 0 Å². The van der Waals surface area contributed by atoms with Crippen molar-refractivity contribution in [3.63, 3.8) is 0 Å². The van der Waals surface area contributed by atoms with Crippen LogP contribution < -0.4 is 0 Å². The molecule has 0 amide bonds. The Morgan fingerprint density at radius 2 is 0.500 bits per heavy atom. The van der Waals surface area contributed by atoms with E-state index in [0.29, 0.717) is 145 Å². The Kier molecular flexibility index (Phi) is 53.8. The maximum absolute atomic E-state index is 11.4. The Labute approximate surface area is 385 Å². The van der Waals surface area contributed by atoms with Crippen molar-refractivity contribution in [2.75, 3.05) is 165 Å². The van der Waals surface area contributed by atoms with Crippen molar-refractivity contribution < 1.29 is 81.1 Å². The van der Waals surface area contributed by atoms with Crippen LogP contribution in [-0.4, -0.2) is 188 Å². The van der Waals surface area contributed by atoms with Crippen LogP contribution in [0.4, 0.5) is 0 Å². The van der Waals surface area contributed by atoms with Gasteiger partial charge in [-0.05, 0) is 6.42 Å². The molecule has 64 heavy (non-hydrogen) atoms. The lowest BCUT2D eigenvalue weighted by Gasteiger charge is -2.09. The minimum atomic E-state index is -1.56. The maximum atomic E-state index is 11.4. The summed E-state index contributed by atoms with van der Waals surface area (Å²) in [7, 11) is 0. The van der Waals surface area contributed by atoms with Gasteiger partial charge in [0, 0.05) is 13.0 Å². The minimum Gasteiger partial charge on any atom is -0.476 e. The average Bonchev–Trinajstić information content (AvgIpc) is 3.29. The summed E-state index contributed by atoms with van der Waals surface area (Å²) in [5.74, 6) is -3.24. The fourth-order valence-electron chi connectivity index (χ4n) is 5.88. The Bertz CT molecular complexity index is 960. The molecule has 0 atom stereocenters. The number of carbonyl (C=O) groups excluding carboxylic acids is 2. The summed E-state index contributed by atoms with van der Waals surface area (Å²) >= 11 is 0. The monoisotopic (exact) mass is 927 g/mol. The summed E-state index contributed by atoms with van der Waals surface area (Å²) in [5, 5.41) is 8.47. The zero-order valence-electron chi connectivity index (χ0n) is 39.9. The molecule has 0 saturated carbocycles. The SMILES string of the molecule is CCCCCCCCCCCCCCCCCCOCCOCCOCCOCCOCCOCCOCCOCCOCCOCCOCCOCCOC(=O)CCC(=O)C(=O)O. The number of carboxylic acids is 1. The molecular weight excluding hydrogens is 837 g/mol. The summed E-state index contributed by atoms with van der Waals surface area (Å²) in [6.45, 7) is 13.9. The van der Waals surface area contributed by atoms with E-state index in [2.05, 4.69) is 6.92 Å². The van der Waals surface area contributed by atoms with Crippen LogP contribution in [0.15, 0.2) is 0 Å². The fraction of sp³-hybridized carbons (Fsp3) is 0.936. The Morgan fingerprint density at radius 3 is 0.750 bits per heavy atom. The highest BCUT2D eigenvalue weighted by atomic mass is 16.6. The van der Waals surface area contributed by atoms with E-state index < -0.39 is 17.7 Å². The predicted octanol–water partition coefficient (Wildman–Crippen LogP) is 6.42. The van der Waals surface area contributed by atoms with Crippen molar-refractivity contribution in [2.24, 2.45) is 0 Å². The van der Waals surface area contributed by atoms with E-state index in [1.54, 1.807) is 0 Å². The van der Waals surface area contributed by atoms with Gasteiger partial charge in [0.05, 0.1) is 158 Å². The van der Waals surface area contributed by atoms with Crippen LogP contribution in [-0.2, 0) is 76.0 Å². The zero-order chi connectivity index (χ0) is 46.3. The predicted molar refractivity (Wildman–Crippen MR) is 242 cm³/mol. The second-order valence-electron chi connectivity index (χ2n) is 15.1. The number of rotatable bonds is 57. The molecular formula is C47H90O17. The number of aliphatic carboxylic acids is 1. The number of ether oxygens (including phenoxy) is 13. The number of carboxylic acid groups (broad SMARTS) is 1. The third kappa shape index (κ3) is 54.5. The molecule has 0 rings (SSSR count). The third-order valence-corrected chi connectivity index (χ3v) is 9.52. The Hall–Kier alpha value is -1.87. The lowest BCUT2D eigenvalue weighted by Crippen LogP contribution is -2.17. The highest BCUT2D eigenvalue weighted by Gasteiger charge is 2.14. The lowest BCUT2D eigenvalue weighted by atomic mass is 10.0. The molecule has 0 aliphatic heterocycles. The van der Waals surface area contributed by atoms with Gasteiger partial charge in [-0.1, -0.05) is 103 Å². The van der Waals surface area contributed by atoms with Crippen LogP contribution in [0.1, 0.15) is 122 Å². The van der Waals surface area contributed by atoms with Gasteiger partial charge in [-0.3, -0.25) is 9.59 Å². The van der Waals surface area contributed by atoms with Gasteiger partial charge in [0.15, 0.2) is 0 Å². The van der Waals surface area contributed by atoms with E-state index in [0.717, 1.165) is 13.0 Å². The number of carbonyl (C=O) groups is 3. The van der Waals surface area contributed by atoms with Crippen LogP contribution in [0.3, 0.4) is 0 Å². The van der Waals surface area contributed by atoms with Crippen LogP contribution >= 0.6 is 0 Å². The molecule has 17 heteroatoms. The first-order valence-electron chi connectivity index (χ1n) is 24.4. The summed E-state index contributed by atoms with van der Waals surface area (Å²) in [6.07, 6.45) is 21.4. The highest BCUT2D eigenvalue weighted by Crippen LogP contribution is 2.13. The van der Waals surface area contributed by atoms with Gasteiger partial charge >= 0.3 is 11.9 Å².